The highest BCUT2D eigenvalue weighted by Gasteiger charge is 2.19. The number of benzene rings is 1. The minimum Gasteiger partial charge on any atom is -0.486 e. The Bertz CT molecular complexity index is 767. The molecule has 3 rings (SSSR count). The molecule has 0 saturated heterocycles. The Hall–Kier alpha value is -2.23. The van der Waals surface area contributed by atoms with Crippen molar-refractivity contribution in [2.75, 3.05) is 39.2 Å². The number of hydrogen-bond donors (Lipinski definition) is 1. The van der Waals surface area contributed by atoms with Crippen molar-refractivity contribution in [3.05, 3.63) is 28.8 Å². The number of methoxy groups -OCH3 is 1. The molecule has 9 heteroatoms. The molecule has 0 bridgehead atoms. The number of hydrogen-bond acceptors (Lipinski definition) is 8. The number of carbonyl (C=O) groups excluding carboxylic acids is 1. The van der Waals surface area contributed by atoms with Crippen molar-refractivity contribution in [2.45, 2.75) is 19.6 Å². The molecule has 0 unspecified atom stereocenters. The van der Waals surface area contributed by atoms with Gasteiger partial charge in [0.05, 0.1) is 6.54 Å². The molecule has 1 aromatic carbocycles. The fourth-order valence-electron chi connectivity index (χ4n) is 2.58. The lowest BCUT2D eigenvalue weighted by atomic mass is 10.1. The number of anilines is 1. The number of nitrogens with one attached hydrogen (secondary N) is 1. The predicted octanol–water partition coefficient (Wildman–Crippen LogP) is 2.09. The summed E-state index contributed by atoms with van der Waals surface area (Å²) in [4.78, 5) is 14.2. The van der Waals surface area contributed by atoms with E-state index in [2.05, 4.69) is 15.5 Å². The monoisotopic (exact) mass is 378 g/mol. The van der Waals surface area contributed by atoms with Gasteiger partial charge in [-0.15, -0.1) is 10.2 Å². The summed E-state index contributed by atoms with van der Waals surface area (Å²) in [6, 6.07) is 5.91. The van der Waals surface area contributed by atoms with E-state index in [1.807, 2.05) is 37.1 Å². The van der Waals surface area contributed by atoms with Gasteiger partial charge in [-0.1, -0.05) is 17.4 Å². The largest absolute Gasteiger partial charge is 0.486 e. The normalized spacial score (nSPS) is 14.3. The summed E-state index contributed by atoms with van der Waals surface area (Å²) in [6.45, 7) is 3.78. The molecule has 1 aliphatic rings. The standard InChI is InChI=1S/C17H22N4O4S/c1-11(12-4-5-13-14(8-12)25-7-6-24-13)21(2)9-15(22)18-17-20-19-16(26-17)10-23-3/h4-5,8,11H,6-7,9-10H2,1-3H3,(H,18,20,22)/t11-/m0/s1. The van der Waals surface area contributed by atoms with Crippen molar-refractivity contribution in [3.8, 4) is 11.5 Å². The second-order valence-electron chi connectivity index (χ2n) is 5.98. The molecule has 1 aromatic heterocycles. The molecule has 2 aromatic rings. The van der Waals surface area contributed by atoms with E-state index in [0.717, 1.165) is 22.1 Å². The highest BCUT2D eigenvalue weighted by molar-refractivity contribution is 7.15. The summed E-state index contributed by atoms with van der Waals surface area (Å²) in [7, 11) is 3.49. The molecular formula is C17H22N4O4S. The van der Waals surface area contributed by atoms with Gasteiger partial charge in [-0.25, -0.2) is 0 Å². The Labute approximate surface area is 156 Å². The molecule has 26 heavy (non-hydrogen) atoms. The number of amides is 1. The lowest BCUT2D eigenvalue weighted by molar-refractivity contribution is -0.117. The van der Waals surface area contributed by atoms with Gasteiger partial charge >= 0.3 is 0 Å². The Kier molecular flexibility index (Phi) is 6.02. The third-order valence-corrected chi connectivity index (χ3v) is 4.90. The van der Waals surface area contributed by atoms with Crippen LogP contribution in [-0.4, -0.2) is 54.9 Å². The molecule has 1 aliphatic heterocycles. The maximum absolute atomic E-state index is 12.3. The van der Waals surface area contributed by atoms with Crippen LogP contribution in [0.1, 0.15) is 23.5 Å². The second kappa shape index (κ2) is 8.43. The molecule has 0 radical (unpaired) electrons. The Morgan fingerprint density at radius 3 is 2.88 bits per heavy atom. The Balaban J connectivity index is 1.57. The van der Waals surface area contributed by atoms with Crippen LogP contribution in [0.3, 0.4) is 0 Å². The van der Waals surface area contributed by atoms with Gasteiger partial charge in [0.15, 0.2) is 11.5 Å². The highest BCUT2D eigenvalue weighted by Crippen LogP contribution is 2.33. The van der Waals surface area contributed by atoms with Crippen LogP contribution in [0.15, 0.2) is 18.2 Å². The summed E-state index contributed by atoms with van der Waals surface area (Å²) in [5.74, 6) is 1.37. The molecule has 8 nitrogen and oxygen atoms in total. The summed E-state index contributed by atoms with van der Waals surface area (Å²) in [5, 5.41) is 11.9. The second-order valence-corrected chi connectivity index (χ2v) is 7.04. The molecule has 1 amide bonds. The number of aromatic nitrogens is 2. The summed E-state index contributed by atoms with van der Waals surface area (Å²) < 4.78 is 16.2. The fraction of sp³-hybridized carbons (Fsp3) is 0.471. The third-order valence-electron chi connectivity index (χ3n) is 4.08. The third kappa shape index (κ3) is 4.48. The number of likely N-dealkylation sites (N-methyl/N-ethyl adjacent to an activating group) is 1. The molecule has 2 heterocycles. The van der Waals surface area contributed by atoms with Crippen molar-refractivity contribution in [1.82, 2.24) is 15.1 Å². The van der Waals surface area contributed by atoms with Gasteiger partial charge in [0.2, 0.25) is 11.0 Å². The molecule has 140 valence electrons. The number of ether oxygens (including phenoxy) is 3. The van der Waals surface area contributed by atoms with Crippen molar-refractivity contribution >= 4 is 22.4 Å². The average Bonchev–Trinajstić information content (AvgIpc) is 3.07. The molecule has 0 fully saturated rings. The molecular weight excluding hydrogens is 356 g/mol. The van der Waals surface area contributed by atoms with E-state index >= 15 is 0 Å². The van der Waals surface area contributed by atoms with Gasteiger partial charge < -0.3 is 14.2 Å². The topological polar surface area (TPSA) is 85.8 Å². The maximum atomic E-state index is 12.3. The van der Waals surface area contributed by atoms with Gasteiger partial charge in [0.1, 0.15) is 24.8 Å². The minimum atomic E-state index is -0.142. The van der Waals surface area contributed by atoms with Crippen molar-refractivity contribution in [1.29, 1.82) is 0 Å². The van der Waals surface area contributed by atoms with Crippen LogP contribution in [0, 0.1) is 0 Å². The predicted molar refractivity (Wildman–Crippen MR) is 97.7 cm³/mol. The molecule has 1 atom stereocenters. The van der Waals surface area contributed by atoms with E-state index in [9.17, 15) is 4.79 Å². The molecule has 1 N–H and O–H groups in total. The molecule has 0 saturated carbocycles. The molecule has 0 aliphatic carbocycles. The SMILES string of the molecule is COCc1nnc(NC(=O)CN(C)[C@@H](C)c2ccc3c(c2)OCCO3)s1. The van der Waals surface area contributed by atoms with Crippen LogP contribution < -0.4 is 14.8 Å². The van der Waals surface area contributed by atoms with E-state index in [1.165, 1.54) is 11.3 Å². The zero-order chi connectivity index (χ0) is 18.5. The van der Waals surface area contributed by atoms with Crippen LogP contribution in [0.25, 0.3) is 0 Å². The van der Waals surface area contributed by atoms with Crippen molar-refractivity contribution in [3.63, 3.8) is 0 Å². The van der Waals surface area contributed by atoms with Gasteiger partial charge in [0, 0.05) is 13.2 Å². The van der Waals surface area contributed by atoms with Gasteiger partial charge in [-0.05, 0) is 31.7 Å². The van der Waals surface area contributed by atoms with Crippen molar-refractivity contribution in [2.24, 2.45) is 0 Å². The van der Waals surface area contributed by atoms with Crippen molar-refractivity contribution < 1.29 is 19.0 Å². The van der Waals surface area contributed by atoms with Crippen LogP contribution in [-0.2, 0) is 16.1 Å². The van der Waals surface area contributed by atoms with Gasteiger partial charge in [-0.2, -0.15) is 0 Å². The summed E-state index contributed by atoms with van der Waals surface area (Å²) in [5.41, 5.74) is 1.06. The first-order valence-electron chi connectivity index (χ1n) is 8.27. The number of fused-ring (bicyclic) bond motifs is 1. The van der Waals surface area contributed by atoms with Crippen LogP contribution >= 0.6 is 11.3 Å². The van der Waals surface area contributed by atoms with Crippen LogP contribution in [0.4, 0.5) is 5.13 Å². The van der Waals surface area contributed by atoms with E-state index in [1.54, 1.807) is 7.11 Å². The first-order valence-corrected chi connectivity index (χ1v) is 9.09. The quantitative estimate of drug-likeness (QED) is 0.789. The number of carbonyl (C=O) groups is 1. The summed E-state index contributed by atoms with van der Waals surface area (Å²) in [6.07, 6.45) is 0. The number of nitrogens with zero attached hydrogens (tertiary/aromatic N) is 3. The summed E-state index contributed by atoms with van der Waals surface area (Å²) >= 11 is 1.30. The Morgan fingerprint density at radius 2 is 2.12 bits per heavy atom. The molecule has 0 spiro atoms. The van der Waals surface area contributed by atoms with E-state index in [4.69, 9.17) is 14.2 Å². The van der Waals surface area contributed by atoms with Crippen LogP contribution in [0.5, 0.6) is 11.5 Å². The highest BCUT2D eigenvalue weighted by atomic mass is 32.1. The van der Waals surface area contributed by atoms with Gasteiger partial charge in [0.25, 0.3) is 0 Å². The lowest BCUT2D eigenvalue weighted by Gasteiger charge is -2.26. The first-order chi connectivity index (χ1) is 12.6. The lowest BCUT2D eigenvalue weighted by Crippen LogP contribution is -2.32. The van der Waals surface area contributed by atoms with Crippen LogP contribution in [0.2, 0.25) is 0 Å². The fourth-order valence-corrected chi connectivity index (χ4v) is 3.31. The van der Waals surface area contributed by atoms with E-state index in [0.29, 0.717) is 25.0 Å². The van der Waals surface area contributed by atoms with E-state index < -0.39 is 0 Å². The average molecular weight is 378 g/mol. The minimum absolute atomic E-state index is 0.0371. The zero-order valence-corrected chi connectivity index (χ0v) is 15.8. The first kappa shape index (κ1) is 18.6. The Morgan fingerprint density at radius 1 is 1.35 bits per heavy atom. The number of rotatable bonds is 7. The maximum Gasteiger partial charge on any atom is 0.240 e. The van der Waals surface area contributed by atoms with Gasteiger partial charge in [-0.3, -0.25) is 15.0 Å². The van der Waals surface area contributed by atoms with E-state index in [-0.39, 0.29) is 18.5 Å². The smallest absolute Gasteiger partial charge is 0.240 e. The zero-order valence-electron chi connectivity index (χ0n) is 15.0.